The van der Waals surface area contributed by atoms with Crippen LogP contribution in [0.2, 0.25) is 0 Å². The minimum Gasteiger partial charge on any atom is -0.470 e. The van der Waals surface area contributed by atoms with Crippen molar-refractivity contribution >= 4 is 17.2 Å². The van der Waals surface area contributed by atoms with Crippen molar-refractivity contribution < 1.29 is 14.6 Å². The van der Waals surface area contributed by atoms with Gasteiger partial charge in [-0.15, -0.1) is 0 Å². The van der Waals surface area contributed by atoms with Gasteiger partial charge in [0.1, 0.15) is 4.88 Å². The minimum atomic E-state index is -0.648. The lowest BCUT2D eigenvalue weighted by molar-refractivity contribution is -0.0265. The molecule has 1 saturated heterocycles. The molecular weight excluding hydrogens is 302 g/mol. The second-order valence-corrected chi connectivity index (χ2v) is 6.99. The van der Waals surface area contributed by atoms with Gasteiger partial charge in [0.2, 0.25) is 0 Å². The average molecular weight is 327 g/mol. The summed E-state index contributed by atoms with van der Waals surface area (Å²) in [6.07, 6.45) is 3.58. The number of thiazole rings is 1. The number of piperidine rings is 1. The molecule has 0 atom stereocenters. The molecule has 6 nitrogen and oxygen atoms in total. The minimum absolute atomic E-state index is 0.0156. The van der Waals surface area contributed by atoms with Crippen LogP contribution in [0, 0.1) is 0 Å². The van der Waals surface area contributed by atoms with Gasteiger partial charge in [-0.1, -0.05) is 11.3 Å². The van der Waals surface area contributed by atoms with E-state index in [9.17, 15) is 9.90 Å². The van der Waals surface area contributed by atoms with E-state index in [2.05, 4.69) is 9.88 Å². The molecule has 0 unspecified atom stereocenters. The molecule has 1 amide bonds. The second-order valence-electron chi connectivity index (χ2n) is 5.99. The first-order chi connectivity index (χ1) is 10.4. The standard InChI is InChI=1S/C15H25N3O3S/c1-4-21-14-16-11-12(22-14)13(19)18-9-6-15(20,7-10-18)5-8-17(2)3/h11,20H,4-10H2,1-3H3. The molecule has 1 aromatic heterocycles. The molecule has 2 heterocycles. The summed E-state index contributed by atoms with van der Waals surface area (Å²) in [5.74, 6) is -0.0156. The third-order valence-corrected chi connectivity index (χ3v) is 4.87. The molecule has 0 bridgehead atoms. The van der Waals surface area contributed by atoms with E-state index in [0.29, 0.717) is 42.6 Å². The van der Waals surface area contributed by atoms with Crippen LogP contribution < -0.4 is 4.74 Å². The summed E-state index contributed by atoms with van der Waals surface area (Å²) in [5, 5.41) is 11.1. The van der Waals surface area contributed by atoms with E-state index in [0.717, 1.165) is 13.0 Å². The van der Waals surface area contributed by atoms with Gasteiger partial charge in [0, 0.05) is 19.6 Å². The molecule has 7 heteroatoms. The lowest BCUT2D eigenvalue weighted by atomic mass is 9.88. The van der Waals surface area contributed by atoms with E-state index in [1.165, 1.54) is 11.3 Å². The number of aromatic nitrogens is 1. The number of carbonyl (C=O) groups excluding carboxylic acids is 1. The van der Waals surface area contributed by atoms with Gasteiger partial charge in [-0.3, -0.25) is 4.79 Å². The Kier molecular flexibility index (Phi) is 5.77. The molecule has 1 aliphatic heterocycles. The summed E-state index contributed by atoms with van der Waals surface area (Å²) in [7, 11) is 4.00. The van der Waals surface area contributed by atoms with Gasteiger partial charge in [0.25, 0.3) is 11.1 Å². The zero-order chi connectivity index (χ0) is 16.2. The highest BCUT2D eigenvalue weighted by atomic mass is 32.1. The Bertz CT molecular complexity index is 496. The van der Waals surface area contributed by atoms with Gasteiger partial charge in [-0.05, 0) is 40.3 Å². The highest BCUT2D eigenvalue weighted by Gasteiger charge is 2.34. The molecule has 2 rings (SSSR count). The summed E-state index contributed by atoms with van der Waals surface area (Å²) in [6, 6.07) is 0. The fraction of sp³-hybridized carbons (Fsp3) is 0.733. The van der Waals surface area contributed by atoms with Crippen molar-refractivity contribution in [2.24, 2.45) is 0 Å². The number of rotatable bonds is 6. The zero-order valence-electron chi connectivity index (χ0n) is 13.5. The molecule has 0 aromatic carbocycles. The van der Waals surface area contributed by atoms with Crippen LogP contribution in [-0.2, 0) is 0 Å². The van der Waals surface area contributed by atoms with Crippen molar-refractivity contribution in [1.29, 1.82) is 0 Å². The van der Waals surface area contributed by atoms with Crippen LogP contribution in [-0.4, -0.2) is 71.7 Å². The van der Waals surface area contributed by atoms with Crippen LogP contribution in [0.5, 0.6) is 5.19 Å². The van der Waals surface area contributed by atoms with Crippen molar-refractivity contribution in [3.05, 3.63) is 11.1 Å². The van der Waals surface area contributed by atoms with E-state index < -0.39 is 5.60 Å². The Morgan fingerprint density at radius 2 is 2.18 bits per heavy atom. The second kappa shape index (κ2) is 7.39. The molecule has 22 heavy (non-hydrogen) atoms. The first kappa shape index (κ1) is 17.2. The maximum atomic E-state index is 12.4. The number of ether oxygens (including phenoxy) is 1. The Morgan fingerprint density at radius 1 is 1.50 bits per heavy atom. The molecule has 0 radical (unpaired) electrons. The molecule has 1 aromatic rings. The number of amides is 1. The number of aliphatic hydroxyl groups is 1. The van der Waals surface area contributed by atoms with Crippen molar-refractivity contribution in [1.82, 2.24) is 14.8 Å². The Balaban J connectivity index is 1.88. The largest absolute Gasteiger partial charge is 0.470 e. The lowest BCUT2D eigenvalue weighted by Crippen LogP contribution is -2.47. The maximum Gasteiger partial charge on any atom is 0.273 e. The topological polar surface area (TPSA) is 65.9 Å². The van der Waals surface area contributed by atoms with Gasteiger partial charge in [-0.2, -0.15) is 0 Å². The van der Waals surface area contributed by atoms with Gasteiger partial charge < -0.3 is 19.6 Å². The Labute approximate surface area is 135 Å². The predicted molar refractivity (Wildman–Crippen MR) is 86.5 cm³/mol. The molecule has 0 aliphatic carbocycles. The Morgan fingerprint density at radius 3 is 2.77 bits per heavy atom. The number of carbonyl (C=O) groups is 1. The fourth-order valence-electron chi connectivity index (χ4n) is 2.51. The van der Waals surface area contributed by atoms with E-state index in [-0.39, 0.29) is 5.91 Å². The van der Waals surface area contributed by atoms with Crippen LogP contribution in [0.15, 0.2) is 6.20 Å². The molecule has 1 N–H and O–H groups in total. The lowest BCUT2D eigenvalue weighted by Gasteiger charge is -2.38. The van der Waals surface area contributed by atoms with E-state index in [4.69, 9.17) is 4.74 Å². The van der Waals surface area contributed by atoms with Gasteiger partial charge in [0.05, 0.1) is 18.4 Å². The highest BCUT2D eigenvalue weighted by Crippen LogP contribution is 2.28. The van der Waals surface area contributed by atoms with Gasteiger partial charge in [-0.25, -0.2) is 4.98 Å². The molecule has 124 valence electrons. The van der Waals surface area contributed by atoms with E-state index >= 15 is 0 Å². The van der Waals surface area contributed by atoms with Crippen molar-refractivity contribution in [2.45, 2.75) is 31.8 Å². The first-order valence-electron chi connectivity index (χ1n) is 7.68. The molecule has 1 aliphatic rings. The monoisotopic (exact) mass is 327 g/mol. The van der Waals surface area contributed by atoms with Gasteiger partial charge >= 0.3 is 0 Å². The van der Waals surface area contributed by atoms with Crippen molar-refractivity contribution in [2.75, 3.05) is 40.3 Å². The summed E-state index contributed by atoms with van der Waals surface area (Å²) < 4.78 is 5.30. The van der Waals surface area contributed by atoms with Crippen LogP contribution in [0.4, 0.5) is 0 Å². The summed E-state index contributed by atoms with van der Waals surface area (Å²) >= 11 is 1.28. The van der Waals surface area contributed by atoms with Gasteiger partial charge in [0.15, 0.2) is 0 Å². The van der Waals surface area contributed by atoms with Crippen LogP contribution in [0.3, 0.4) is 0 Å². The quantitative estimate of drug-likeness (QED) is 0.857. The summed E-state index contributed by atoms with van der Waals surface area (Å²) in [4.78, 5) is 21.0. The van der Waals surface area contributed by atoms with E-state index in [1.54, 1.807) is 11.1 Å². The molecule has 1 fully saturated rings. The van der Waals surface area contributed by atoms with Crippen molar-refractivity contribution in [3.8, 4) is 5.19 Å². The summed E-state index contributed by atoms with van der Waals surface area (Å²) in [5.41, 5.74) is -0.648. The zero-order valence-corrected chi connectivity index (χ0v) is 14.4. The summed E-state index contributed by atoms with van der Waals surface area (Å²) in [6.45, 7) is 4.47. The molecule has 0 saturated carbocycles. The first-order valence-corrected chi connectivity index (χ1v) is 8.50. The highest BCUT2D eigenvalue weighted by molar-refractivity contribution is 7.15. The maximum absolute atomic E-state index is 12.4. The third-order valence-electron chi connectivity index (χ3n) is 3.97. The van der Waals surface area contributed by atoms with E-state index in [1.807, 2.05) is 21.0 Å². The smallest absolute Gasteiger partial charge is 0.273 e. The van der Waals surface area contributed by atoms with Crippen LogP contribution >= 0.6 is 11.3 Å². The number of nitrogens with zero attached hydrogens (tertiary/aromatic N) is 3. The number of likely N-dealkylation sites (tertiary alicyclic amines) is 1. The van der Waals surface area contributed by atoms with Crippen LogP contribution in [0.1, 0.15) is 35.9 Å². The number of hydrogen-bond donors (Lipinski definition) is 1. The SMILES string of the molecule is CCOc1ncc(C(=O)N2CCC(O)(CCN(C)C)CC2)s1. The normalized spacial score (nSPS) is 17.8. The third kappa shape index (κ3) is 4.41. The average Bonchev–Trinajstić information content (AvgIpc) is 2.94. The predicted octanol–water partition coefficient (Wildman–Crippen LogP) is 1.46. The van der Waals surface area contributed by atoms with Crippen molar-refractivity contribution in [3.63, 3.8) is 0 Å². The Hall–Kier alpha value is -1.18. The van der Waals surface area contributed by atoms with Crippen LogP contribution in [0.25, 0.3) is 0 Å². The number of hydrogen-bond acceptors (Lipinski definition) is 6. The molecule has 0 spiro atoms. The molecular formula is C15H25N3O3S. The fourth-order valence-corrected chi connectivity index (χ4v) is 3.30.